The fourth-order valence-electron chi connectivity index (χ4n) is 4.35. The van der Waals surface area contributed by atoms with Gasteiger partial charge in [0.25, 0.3) is 10.0 Å². The Hall–Kier alpha value is -2.83. The summed E-state index contributed by atoms with van der Waals surface area (Å²) in [7, 11) is -2.17. The zero-order chi connectivity index (χ0) is 24.1. The molecule has 0 unspecified atom stereocenters. The maximum Gasteiger partial charge on any atom is 0.264 e. The van der Waals surface area contributed by atoms with Gasteiger partial charge in [-0.3, -0.25) is 9.10 Å². The van der Waals surface area contributed by atoms with E-state index in [1.165, 1.54) is 29.0 Å². The zero-order valence-corrected chi connectivity index (χ0v) is 20.8. The van der Waals surface area contributed by atoms with E-state index >= 15 is 0 Å². The molecule has 0 atom stereocenters. The maximum absolute atomic E-state index is 12.9. The van der Waals surface area contributed by atoms with Crippen LogP contribution >= 0.6 is 11.6 Å². The van der Waals surface area contributed by atoms with Gasteiger partial charge in [-0.15, -0.1) is 0 Å². The molecule has 3 aromatic rings. The number of benzene rings is 3. The van der Waals surface area contributed by atoms with Gasteiger partial charge in [0.1, 0.15) is 0 Å². The molecule has 1 heterocycles. The summed E-state index contributed by atoms with van der Waals surface area (Å²) >= 11 is 5.87. The van der Waals surface area contributed by atoms with Crippen molar-refractivity contribution in [3.63, 3.8) is 0 Å². The summed E-state index contributed by atoms with van der Waals surface area (Å²) in [4.78, 5) is 15.0. The van der Waals surface area contributed by atoms with E-state index in [1.807, 2.05) is 23.1 Å². The van der Waals surface area contributed by atoms with Crippen molar-refractivity contribution in [1.82, 2.24) is 4.90 Å². The van der Waals surface area contributed by atoms with E-state index in [0.717, 1.165) is 37.9 Å². The largest absolute Gasteiger partial charge is 0.342 e. The second kappa shape index (κ2) is 10.6. The zero-order valence-electron chi connectivity index (χ0n) is 19.2. The van der Waals surface area contributed by atoms with Crippen molar-refractivity contribution in [3.05, 3.63) is 95.0 Å². The van der Waals surface area contributed by atoms with Crippen molar-refractivity contribution in [1.29, 1.82) is 0 Å². The van der Waals surface area contributed by atoms with Crippen LogP contribution in [0.1, 0.15) is 24.0 Å². The molecule has 1 amide bonds. The number of rotatable bonds is 7. The molecule has 4 rings (SSSR count). The molecule has 1 aliphatic heterocycles. The van der Waals surface area contributed by atoms with Gasteiger partial charge in [0, 0.05) is 25.2 Å². The number of anilines is 1. The van der Waals surface area contributed by atoms with E-state index in [2.05, 4.69) is 24.3 Å². The molecule has 1 saturated heterocycles. The Labute approximate surface area is 207 Å². The minimum Gasteiger partial charge on any atom is -0.342 e. The number of piperidine rings is 1. The lowest BCUT2D eigenvalue weighted by atomic mass is 9.90. The van der Waals surface area contributed by atoms with Gasteiger partial charge in [-0.05, 0) is 72.7 Å². The lowest BCUT2D eigenvalue weighted by Gasteiger charge is -2.32. The van der Waals surface area contributed by atoms with Gasteiger partial charge in [-0.25, -0.2) is 8.42 Å². The highest BCUT2D eigenvalue weighted by atomic mass is 35.5. The van der Waals surface area contributed by atoms with Gasteiger partial charge < -0.3 is 4.90 Å². The Morgan fingerprint density at radius 2 is 1.53 bits per heavy atom. The maximum atomic E-state index is 12.9. The predicted octanol–water partition coefficient (Wildman–Crippen LogP) is 5.19. The standard InChI is InChI=1S/C27H29ClN2O3S/c1-29(34(32,33)26-13-9-24(28)10-14-26)25-11-7-22(8-12-25)20-27(31)30-17-15-23(16-18-30)19-21-5-3-2-4-6-21/h2-14,23H,15-20H2,1H3. The SMILES string of the molecule is CN(c1ccc(CC(=O)N2CCC(Cc3ccccc3)CC2)cc1)S(=O)(=O)c1ccc(Cl)cc1. The first-order chi connectivity index (χ1) is 16.3. The van der Waals surface area contributed by atoms with Crippen molar-refractivity contribution in [2.45, 2.75) is 30.6 Å². The Morgan fingerprint density at radius 1 is 0.912 bits per heavy atom. The molecular formula is C27H29ClN2O3S. The molecule has 0 N–H and O–H groups in total. The van der Waals surface area contributed by atoms with E-state index in [1.54, 1.807) is 24.3 Å². The Kier molecular flexibility index (Phi) is 7.59. The van der Waals surface area contributed by atoms with Gasteiger partial charge in [0.15, 0.2) is 0 Å². The highest BCUT2D eigenvalue weighted by Crippen LogP contribution is 2.25. The van der Waals surface area contributed by atoms with Crippen molar-refractivity contribution < 1.29 is 13.2 Å². The van der Waals surface area contributed by atoms with Gasteiger partial charge >= 0.3 is 0 Å². The van der Waals surface area contributed by atoms with Gasteiger partial charge in [0.05, 0.1) is 17.0 Å². The second-order valence-corrected chi connectivity index (χ2v) is 11.2. The minimum absolute atomic E-state index is 0.119. The first-order valence-corrected chi connectivity index (χ1v) is 13.3. The third kappa shape index (κ3) is 5.80. The molecule has 0 aliphatic carbocycles. The lowest BCUT2D eigenvalue weighted by Crippen LogP contribution is -2.39. The number of hydrogen-bond acceptors (Lipinski definition) is 3. The molecule has 178 valence electrons. The molecule has 3 aromatic carbocycles. The molecule has 7 heteroatoms. The van der Waals surface area contributed by atoms with Crippen LogP contribution in [-0.2, 0) is 27.7 Å². The molecule has 5 nitrogen and oxygen atoms in total. The average Bonchev–Trinajstić information content (AvgIpc) is 2.85. The lowest BCUT2D eigenvalue weighted by molar-refractivity contribution is -0.131. The topological polar surface area (TPSA) is 57.7 Å². The number of sulfonamides is 1. The van der Waals surface area contributed by atoms with Crippen LogP contribution in [0.25, 0.3) is 0 Å². The fourth-order valence-corrected chi connectivity index (χ4v) is 5.67. The molecule has 0 aromatic heterocycles. The fraction of sp³-hybridized carbons (Fsp3) is 0.296. The van der Waals surface area contributed by atoms with E-state index in [-0.39, 0.29) is 10.8 Å². The van der Waals surface area contributed by atoms with Crippen molar-refractivity contribution >= 4 is 33.2 Å². The number of carbonyl (C=O) groups excluding carboxylic acids is 1. The van der Waals surface area contributed by atoms with Crippen LogP contribution in [0.15, 0.2) is 83.8 Å². The van der Waals surface area contributed by atoms with Crippen molar-refractivity contribution in [3.8, 4) is 0 Å². The molecule has 34 heavy (non-hydrogen) atoms. The number of carbonyl (C=O) groups is 1. The number of likely N-dealkylation sites (tertiary alicyclic amines) is 1. The first kappa shape index (κ1) is 24.3. The third-order valence-electron chi connectivity index (χ3n) is 6.46. The van der Waals surface area contributed by atoms with Crippen LogP contribution in [0.2, 0.25) is 5.02 Å². The summed E-state index contributed by atoms with van der Waals surface area (Å²) < 4.78 is 27.0. The van der Waals surface area contributed by atoms with E-state index < -0.39 is 10.0 Å². The highest BCUT2D eigenvalue weighted by Gasteiger charge is 2.24. The second-order valence-electron chi connectivity index (χ2n) is 8.78. The predicted molar refractivity (Wildman–Crippen MR) is 137 cm³/mol. The molecule has 1 fully saturated rings. The van der Waals surface area contributed by atoms with Crippen molar-refractivity contribution in [2.24, 2.45) is 5.92 Å². The summed E-state index contributed by atoms with van der Waals surface area (Å²) in [5, 5.41) is 0.482. The molecule has 0 spiro atoms. The van der Waals surface area contributed by atoms with Crippen LogP contribution in [-0.4, -0.2) is 39.4 Å². The number of amides is 1. The number of halogens is 1. The molecule has 0 radical (unpaired) electrons. The number of nitrogens with zero attached hydrogens (tertiary/aromatic N) is 2. The van der Waals surface area contributed by atoms with E-state index in [9.17, 15) is 13.2 Å². The van der Waals surface area contributed by atoms with Gasteiger partial charge in [0.2, 0.25) is 5.91 Å². The van der Waals surface area contributed by atoms with Crippen LogP contribution < -0.4 is 4.31 Å². The monoisotopic (exact) mass is 496 g/mol. The van der Waals surface area contributed by atoms with E-state index in [0.29, 0.717) is 23.0 Å². The molecule has 1 aliphatic rings. The summed E-state index contributed by atoms with van der Waals surface area (Å²) in [5.74, 6) is 0.733. The molecular weight excluding hydrogens is 468 g/mol. The molecule has 0 saturated carbocycles. The normalized spacial score (nSPS) is 14.7. The first-order valence-electron chi connectivity index (χ1n) is 11.5. The Bertz CT molecular complexity index is 1200. The third-order valence-corrected chi connectivity index (χ3v) is 8.51. The Morgan fingerprint density at radius 3 is 2.15 bits per heavy atom. The Balaban J connectivity index is 1.32. The summed E-state index contributed by atoms with van der Waals surface area (Å²) in [5.41, 5.74) is 2.76. The quantitative estimate of drug-likeness (QED) is 0.452. The summed E-state index contributed by atoms with van der Waals surface area (Å²) in [6.45, 7) is 1.58. The molecule has 0 bridgehead atoms. The summed E-state index contributed by atoms with van der Waals surface area (Å²) in [6.07, 6.45) is 3.42. The highest BCUT2D eigenvalue weighted by molar-refractivity contribution is 7.92. The van der Waals surface area contributed by atoms with Crippen LogP contribution in [0.3, 0.4) is 0 Å². The summed E-state index contributed by atoms with van der Waals surface area (Å²) in [6, 6.07) is 23.7. The smallest absolute Gasteiger partial charge is 0.264 e. The van der Waals surface area contributed by atoms with Crippen LogP contribution in [0, 0.1) is 5.92 Å². The van der Waals surface area contributed by atoms with E-state index in [4.69, 9.17) is 11.6 Å². The average molecular weight is 497 g/mol. The van der Waals surface area contributed by atoms with Gasteiger partial charge in [-0.2, -0.15) is 0 Å². The van der Waals surface area contributed by atoms with Gasteiger partial charge in [-0.1, -0.05) is 54.1 Å². The number of hydrogen-bond donors (Lipinski definition) is 0. The van der Waals surface area contributed by atoms with Crippen LogP contribution in [0.5, 0.6) is 0 Å². The minimum atomic E-state index is -3.69. The van der Waals surface area contributed by atoms with Crippen molar-refractivity contribution in [2.75, 3.05) is 24.4 Å². The van der Waals surface area contributed by atoms with Crippen LogP contribution in [0.4, 0.5) is 5.69 Å².